The van der Waals surface area contributed by atoms with E-state index in [1.54, 1.807) is 30.3 Å². The molecule has 1 aliphatic rings. The largest absolute Gasteiger partial charge is 0.467 e. The van der Waals surface area contributed by atoms with Gasteiger partial charge in [0, 0.05) is 21.6 Å². The van der Waals surface area contributed by atoms with E-state index in [9.17, 15) is 14.9 Å². The Kier molecular flexibility index (Phi) is 2.78. The molecule has 17 heavy (non-hydrogen) atoms. The number of carbonyl (C=O) groups excluding carboxylic acids is 1. The van der Waals surface area contributed by atoms with E-state index in [0.717, 1.165) is 0 Å². The van der Waals surface area contributed by atoms with Crippen LogP contribution in [0, 0.1) is 10.1 Å². The zero-order valence-electron chi connectivity index (χ0n) is 8.87. The van der Waals surface area contributed by atoms with Crippen molar-refractivity contribution in [2.75, 3.05) is 12.0 Å². The minimum atomic E-state index is -1.60. The standard InChI is InChI=1S/C10H9BrN2O4/c1-17-9(14)8-10(11,13(15)16)12(8)7-5-3-2-4-6-7/h2-6,8H,1H3. The summed E-state index contributed by atoms with van der Waals surface area (Å²) in [6.07, 6.45) is 0. The molecule has 2 unspecified atom stereocenters. The minimum Gasteiger partial charge on any atom is -0.467 e. The number of alkyl halides is 1. The second-order valence-electron chi connectivity index (χ2n) is 3.52. The first-order valence-electron chi connectivity index (χ1n) is 4.79. The molecule has 0 amide bonds. The van der Waals surface area contributed by atoms with Gasteiger partial charge in [0.1, 0.15) is 0 Å². The molecule has 0 saturated carbocycles. The molecule has 1 saturated heterocycles. The number of benzene rings is 1. The number of anilines is 1. The van der Waals surface area contributed by atoms with Gasteiger partial charge in [0.25, 0.3) is 0 Å². The predicted octanol–water partition coefficient (Wildman–Crippen LogP) is 1.37. The number of carbonyl (C=O) groups is 1. The molecule has 2 atom stereocenters. The highest BCUT2D eigenvalue weighted by atomic mass is 79.9. The average Bonchev–Trinajstić information content (AvgIpc) is 2.97. The van der Waals surface area contributed by atoms with Crippen LogP contribution in [-0.4, -0.2) is 28.6 Å². The van der Waals surface area contributed by atoms with Gasteiger partial charge in [0.15, 0.2) is 0 Å². The monoisotopic (exact) mass is 300 g/mol. The van der Waals surface area contributed by atoms with Gasteiger partial charge in [-0.1, -0.05) is 18.2 Å². The third-order valence-corrected chi connectivity index (χ3v) is 3.70. The van der Waals surface area contributed by atoms with Gasteiger partial charge in [-0.25, -0.2) is 4.79 Å². The van der Waals surface area contributed by atoms with Gasteiger partial charge in [-0.3, -0.25) is 15.0 Å². The Bertz CT molecular complexity index is 467. The van der Waals surface area contributed by atoms with E-state index in [0.29, 0.717) is 5.69 Å². The zero-order valence-corrected chi connectivity index (χ0v) is 10.5. The quantitative estimate of drug-likeness (QED) is 0.211. The summed E-state index contributed by atoms with van der Waals surface area (Å²) in [6.45, 7) is 0. The van der Waals surface area contributed by atoms with Crippen LogP contribution in [0.3, 0.4) is 0 Å². The van der Waals surface area contributed by atoms with Crippen LogP contribution in [-0.2, 0) is 9.53 Å². The van der Waals surface area contributed by atoms with E-state index in [4.69, 9.17) is 0 Å². The van der Waals surface area contributed by atoms with E-state index >= 15 is 0 Å². The van der Waals surface area contributed by atoms with Crippen molar-refractivity contribution >= 4 is 27.6 Å². The van der Waals surface area contributed by atoms with E-state index in [-0.39, 0.29) is 0 Å². The number of esters is 1. The smallest absolute Gasteiger partial charge is 0.383 e. The zero-order chi connectivity index (χ0) is 12.6. The molecule has 1 aromatic rings. The summed E-state index contributed by atoms with van der Waals surface area (Å²) < 4.78 is 2.96. The number of rotatable bonds is 3. The molecule has 0 aromatic heterocycles. The highest BCUT2D eigenvalue weighted by molar-refractivity contribution is 9.10. The molecule has 6 nitrogen and oxygen atoms in total. The number of halogens is 1. The lowest BCUT2D eigenvalue weighted by Crippen LogP contribution is -2.24. The number of hydrogen-bond acceptors (Lipinski definition) is 5. The summed E-state index contributed by atoms with van der Waals surface area (Å²) in [7, 11) is 1.21. The third kappa shape index (κ3) is 1.66. The van der Waals surface area contributed by atoms with Crippen LogP contribution in [0.25, 0.3) is 0 Å². The Morgan fingerprint density at radius 1 is 1.53 bits per heavy atom. The Morgan fingerprint density at radius 3 is 2.59 bits per heavy atom. The van der Waals surface area contributed by atoms with Crippen LogP contribution in [0.4, 0.5) is 5.69 Å². The SMILES string of the molecule is COC(=O)C1N(c2ccccc2)C1(Br)[N+](=O)[O-]. The predicted molar refractivity (Wildman–Crippen MR) is 63.4 cm³/mol. The molecule has 1 aromatic carbocycles. The normalized spacial score (nSPS) is 26.5. The van der Waals surface area contributed by atoms with Crippen LogP contribution in [0.1, 0.15) is 0 Å². The van der Waals surface area contributed by atoms with Gasteiger partial charge in [-0.2, -0.15) is 0 Å². The van der Waals surface area contributed by atoms with Gasteiger partial charge in [0.05, 0.1) is 12.0 Å². The summed E-state index contributed by atoms with van der Waals surface area (Å²) in [5.74, 6) is -0.637. The number of hydrogen-bond donors (Lipinski definition) is 0. The molecule has 0 N–H and O–H groups in total. The lowest BCUT2D eigenvalue weighted by atomic mass is 10.3. The van der Waals surface area contributed by atoms with Gasteiger partial charge >= 0.3 is 10.5 Å². The maximum atomic E-state index is 11.5. The number of nitro groups is 1. The van der Waals surface area contributed by atoms with Crippen molar-refractivity contribution in [2.45, 2.75) is 10.6 Å². The fraction of sp³-hybridized carbons (Fsp3) is 0.300. The maximum absolute atomic E-state index is 11.5. The molecular formula is C10H9BrN2O4. The highest BCUT2D eigenvalue weighted by Gasteiger charge is 2.77. The first kappa shape index (κ1) is 11.8. The fourth-order valence-electron chi connectivity index (χ4n) is 1.73. The Balaban J connectivity index is 2.35. The summed E-state index contributed by atoms with van der Waals surface area (Å²) in [6, 6.07) is 7.74. The minimum absolute atomic E-state index is 0.540. The lowest BCUT2D eigenvalue weighted by molar-refractivity contribution is -0.506. The summed E-state index contributed by atoms with van der Waals surface area (Å²) >= 11 is 2.99. The summed E-state index contributed by atoms with van der Waals surface area (Å²) in [5, 5.41) is 11.0. The number of nitrogens with zero attached hydrogens (tertiary/aromatic N) is 2. The van der Waals surface area contributed by atoms with Crippen molar-refractivity contribution in [2.24, 2.45) is 0 Å². The van der Waals surface area contributed by atoms with Gasteiger partial charge in [-0.05, 0) is 12.1 Å². The first-order valence-corrected chi connectivity index (χ1v) is 5.58. The molecule has 2 rings (SSSR count). The highest BCUT2D eigenvalue weighted by Crippen LogP contribution is 2.50. The number of ether oxygens (including phenoxy) is 1. The maximum Gasteiger partial charge on any atom is 0.383 e. The molecule has 0 aliphatic carbocycles. The van der Waals surface area contributed by atoms with Crippen LogP contribution < -0.4 is 4.90 Å². The molecular weight excluding hydrogens is 292 g/mol. The van der Waals surface area contributed by atoms with Crippen molar-refractivity contribution < 1.29 is 14.5 Å². The van der Waals surface area contributed by atoms with Crippen molar-refractivity contribution in [3.05, 3.63) is 40.4 Å². The van der Waals surface area contributed by atoms with E-state index < -0.39 is 21.5 Å². The molecule has 1 aliphatic heterocycles. The Labute approximate surface area is 105 Å². The topological polar surface area (TPSA) is 72.5 Å². The van der Waals surface area contributed by atoms with Crippen molar-refractivity contribution in [1.29, 1.82) is 0 Å². The second kappa shape index (κ2) is 3.99. The Morgan fingerprint density at radius 2 is 2.12 bits per heavy atom. The molecule has 1 heterocycles. The van der Waals surface area contributed by atoms with Crippen LogP contribution >= 0.6 is 15.9 Å². The first-order chi connectivity index (χ1) is 8.03. The molecule has 0 radical (unpaired) electrons. The third-order valence-electron chi connectivity index (χ3n) is 2.59. The van der Waals surface area contributed by atoms with Crippen molar-refractivity contribution in [3.8, 4) is 0 Å². The lowest BCUT2D eigenvalue weighted by Gasteiger charge is -2.03. The molecule has 0 bridgehead atoms. The van der Waals surface area contributed by atoms with Gasteiger partial charge in [0.2, 0.25) is 6.04 Å². The number of methoxy groups -OCH3 is 1. The van der Waals surface area contributed by atoms with E-state index in [1.807, 2.05) is 0 Å². The van der Waals surface area contributed by atoms with Crippen LogP contribution in [0.5, 0.6) is 0 Å². The summed E-state index contributed by atoms with van der Waals surface area (Å²) in [4.78, 5) is 23.3. The molecule has 1 fully saturated rings. The Hall–Kier alpha value is -1.63. The second-order valence-corrected chi connectivity index (χ2v) is 4.69. The van der Waals surface area contributed by atoms with Crippen molar-refractivity contribution in [3.63, 3.8) is 0 Å². The average molecular weight is 301 g/mol. The molecule has 0 spiro atoms. The van der Waals surface area contributed by atoms with E-state index in [2.05, 4.69) is 20.7 Å². The van der Waals surface area contributed by atoms with Crippen LogP contribution in [0.15, 0.2) is 30.3 Å². The summed E-state index contributed by atoms with van der Waals surface area (Å²) in [5.41, 5.74) is 0.594. The van der Waals surface area contributed by atoms with Gasteiger partial charge in [-0.15, -0.1) is 0 Å². The van der Waals surface area contributed by atoms with Crippen LogP contribution in [0.2, 0.25) is 0 Å². The van der Waals surface area contributed by atoms with Crippen molar-refractivity contribution in [1.82, 2.24) is 0 Å². The van der Waals surface area contributed by atoms with Gasteiger partial charge < -0.3 is 4.74 Å². The fourth-order valence-corrected chi connectivity index (χ4v) is 2.43. The number of para-hydroxylation sites is 1. The van der Waals surface area contributed by atoms with E-state index in [1.165, 1.54) is 12.0 Å². The molecule has 90 valence electrons. The molecule has 7 heteroatoms.